The maximum Gasteiger partial charge on any atom is 0.323 e. The minimum absolute atomic E-state index is 0. The van der Waals surface area contributed by atoms with Crippen LogP contribution in [0.3, 0.4) is 0 Å². The predicted octanol–water partition coefficient (Wildman–Crippen LogP) is -0.936. The van der Waals surface area contributed by atoms with Crippen molar-refractivity contribution in [3.8, 4) is 0 Å². The summed E-state index contributed by atoms with van der Waals surface area (Å²) < 4.78 is 4.61. The van der Waals surface area contributed by atoms with E-state index in [2.05, 4.69) is 4.74 Å². The third kappa shape index (κ3) is 9.80. The average Bonchev–Trinajstić information content (AvgIpc) is 2.30. The molecule has 0 aliphatic heterocycles. The van der Waals surface area contributed by atoms with E-state index in [9.17, 15) is 9.59 Å². The second-order valence-electron chi connectivity index (χ2n) is 3.01. The number of carboxylic acids is 1. The number of ether oxygens (including phenoxy) is 1. The summed E-state index contributed by atoms with van der Waals surface area (Å²) in [5.41, 5.74) is 10.8. The number of rotatable bonds is 9. The van der Waals surface area contributed by atoms with Gasteiger partial charge in [-0.3, -0.25) is 9.59 Å². The molecular weight excluding hydrogens is 304 g/mol. The van der Waals surface area contributed by atoms with Crippen LogP contribution in [0, 0.1) is 0 Å². The molecule has 0 rings (SSSR count). The Bertz CT molecular complexity index is 260. The first-order chi connectivity index (χ1) is 7.99. The van der Waals surface area contributed by atoms with Gasteiger partial charge in [0, 0.05) is 11.5 Å². The molecule has 7 nitrogen and oxygen atoms in total. The van der Waals surface area contributed by atoms with Gasteiger partial charge in [0.15, 0.2) is 0 Å². The number of hydrogen-bond donors (Lipinski definition) is 4. The number of aliphatic hydroxyl groups excluding tert-OH is 1. The Hall–Kier alpha value is -0.190. The predicted molar refractivity (Wildman–Crippen MR) is 73.8 cm³/mol. The lowest BCUT2D eigenvalue weighted by molar-refractivity contribution is -0.145. The minimum Gasteiger partial charge on any atom is -0.480 e. The Kier molecular flexibility index (Phi) is 13.3. The van der Waals surface area contributed by atoms with Crippen molar-refractivity contribution >= 4 is 45.9 Å². The Morgan fingerprint density at radius 1 is 1.17 bits per heavy atom. The number of aliphatic carboxylic acids is 1. The fourth-order valence-corrected chi connectivity index (χ4v) is 2.86. The Balaban J connectivity index is 0. The van der Waals surface area contributed by atoms with E-state index in [4.69, 9.17) is 21.7 Å². The van der Waals surface area contributed by atoms with Crippen molar-refractivity contribution in [2.45, 2.75) is 12.1 Å². The molecule has 0 fully saturated rings. The fourth-order valence-electron chi connectivity index (χ4n) is 0.635. The van der Waals surface area contributed by atoms with Gasteiger partial charge in [0.1, 0.15) is 18.7 Å². The Labute approximate surface area is 119 Å². The highest BCUT2D eigenvalue weighted by atomic mass is 35.5. The normalized spacial score (nSPS) is 13.3. The van der Waals surface area contributed by atoms with Gasteiger partial charge in [-0.2, -0.15) is 0 Å². The molecule has 0 saturated carbocycles. The highest BCUT2D eigenvalue weighted by Gasteiger charge is 2.16. The van der Waals surface area contributed by atoms with Crippen LogP contribution in [-0.2, 0) is 14.3 Å². The third-order valence-electron chi connectivity index (χ3n) is 1.53. The van der Waals surface area contributed by atoms with Crippen LogP contribution in [0.1, 0.15) is 0 Å². The Morgan fingerprint density at radius 3 is 2.11 bits per heavy atom. The average molecular weight is 321 g/mol. The maximum atomic E-state index is 11.1. The first-order valence-electron chi connectivity index (χ1n) is 4.75. The van der Waals surface area contributed by atoms with E-state index < -0.39 is 24.0 Å². The molecule has 0 spiro atoms. The van der Waals surface area contributed by atoms with Crippen molar-refractivity contribution in [1.82, 2.24) is 0 Å². The second kappa shape index (κ2) is 11.9. The van der Waals surface area contributed by atoms with Gasteiger partial charge in [-0.1, -0.05) is 21.6 Å². The van der Waals surface area contributed by atoms with Gasteiger partial charge in [0.05, 0.1) is 6.61 Å². The standard InChI is InChI=1S/C8H16N2O5S2.ClH/c9-5(7(12)13)3-16-17-4-6(10)8(14)15-2-1-11;/h5-6,11H,1-4,9-10H2,(H,12,13);1H/t5-,6-;/m0./s1. The van der Waals surface area contributed by atoms with E-state index in [1.54, 1.807) is 0 Å². The van der Waals surface area contributed by atoms with E-state index in [0.717, 1.165) is 0 Å². The van der Waals surface area contributed by atoms with Crippen LogP contribution in [0.5, 0.6) is 0 Å². The lowest BCUT2D eigenvalue weighted by Gasteiger charge is -2.10. The van der Waals surface area contributed by atoms with Gasteiger partial charge < -0.3 is 26.4 Å². The zero-order valence-corrected chi connectivity index (χ0v) is 11.9. The number of carbonyl (C=O) groups is 2. The first kappa shape index (κ1) is 20.1. The van der Waals surface area contributed by atoms with Gasteiger partial charge in [-0.25, -0.2) is 0 Å². The van der Waals surface area contributed by atoms with Crippen LogP contribution in [0.15, 0.2) is 0 Å². The Morgan fingerprint density at radius 2 is 1.67 bits per heavy atom. The molecule has 0 aliphatic rings. The molecule has 0 amide bonds. The summed E-state index contributed by atoms with van der Waals surface area (Å²) in [6.07, 6.45) is 0. The number of esters is 1. The maximum absolute atomic E-state index is 11.1. The lowest BCUT2D eigenvalue weighted by atomic mass is 10.4. The minimum atomic E-state index is -1.07. The molecule has 10 heteroatoms. The van der Waals surface area contributed by atoms with Gasteiger partial charge >= 0.3 is 11.9 Å². The van der Waals surface area contributed by atoms with Crippen LogP contribution in [0.4, 0.5) is 0 Å². The molecule has 18 heavy (non-hydrogen) atoms. The molecule has 0 aromatic heterocycles. The molecule has 108 valence electrons. The van der Waals surface area contributed by atoms with Crippen molar-refractivity contribution in [1.29, 1.82) is 0 Å². The molecular formula is C8H17ClN2O5S2. The topological polar surface area (TPSA) is 136 Å². The number of aliphatic hydroxyl groups is 1. The zero-order chi connectivity index (χ0) is 13.3. The SMILES string of the molecule is Cl.N[C@@H](CSSC[C@H](N)C(=O)OCCO)C(=O)O. The van der Waals surface area contributed by atoms with Crippen LogP contribution >= 0.6 is 34.0 Å². The molecule has 0 aromatic carbocycles. The van der Waals surface area contributed by atoms with E-state index in [-0.39, 0.29) is 31.4 Å². The molecule has 0 saturated heterocycles. The van der Waals surface area contributed by atoms with Crippen molar-refractivity contribution in [3.05, 3.63) is 0 Å². The molecule has 6 N–H and O–H groups in total. The molecule has 0 radical (unpaired) electrons. The van der Waals surface area contributed by atoms with Gasteiger partial charge in [0.2, 0.25) is 0 Å². The van der Waals surface area contributed by atoms with Crippen molar-refractivity contribution in [2.24, 2.45) is 11.5 Å². The molecule has 0 heterocycles. The molecule has 2 atom stereocenters. The van der Waals surface area contributed by atoms with E-state index in [1.807, 2.05) is 0 Å². The lowest BCUT2D eigenvalue weighted by Crippen LogP contribution is -2.35. The number of carboxylic acid groups (broad SMARTS) is 1. The smallest absolute Gasteiger partial charge is 0.323 e. The van der Waals surface area contributed by atoms with Gasteiger partial charge in [-0.05, 0) is 0 Å². The summed E-state index contributed by atoms with van der Waals surface area (Å²) >= 11 is 0. The monoisotopic (exact) mass is 320 g/mol. The van der Waals surface area contributed by atoms with Crippen molar-refractivity contribution < 1.29 is 24.5 Å². The quantitative estimate of drug-likeness (QED) is 0.241. The molecule has 0 aromatic rings. The van der Waals surface area contributed by atoms with E-state index in [1.165, 1.54) is 21.6 Å². The number of hydrogen-bond acceptors (Lipinski definition) is 8. The summed E-state index contributed by atoms with van der Waals surface area (Å²) in [6, 6.07) is -1.72. The van der Waals surface area contributed by atoms with E-state index >= 15 is 0 Å². The fraction of sp³-hybridized carbons (Fsp3) is 0.750. The van der Waals surface area contributed by atoms with Crippen LogP contribution < -0.4 is 11.5 Å². The van der Waals surface area contributed by atoms with Crippen molar-refractivity contribution in [3.63, 3.8) is 0 Å². The summed E-state index contributed by atoms with van der Waals surface area (Å²) in [6.45, 7) is -0.317. The number of carbonyl (C=O) groups excluding carboxylic acids is 1. The first-order valence-corrected chi connectivity index (χ1v) is 7.23. The third-order valence-corrected chi connectivity index (χ3v) is 4.01. The highest BCUT2D eigenvalue weighted by molar-refractivity contribution is 8.76. The summed E-state index contributed by atoms with van der Waals surface area (Å²) in [4.78, 5) is 21.5. The second-order valence-corrected chi connectivity index (χ2v) is 5.56. The summed E-state index contributed by atoms with van der Waals surface area (Å²) in [7, 11) is 2.49. The number of halogens is 1. The van der Waals surface area contributed by atoms with Crippen LogP contribution in [0.2, 0.25) is 0 Å². The summed E-state index contributed by atoms with van der Waals surface area (Å²) in [5, 5.41) is 16.9. The van der Waals surface area contributed by atoms with Crippen LogP contribution in [-0.4, -0.2) is 59.0 Å². The number of nitrogens with two attached hydrogens (primary N) is 2. The van der Waals surface area contributed by atoms with E-state index in [0.29, 0.717) is 5.75 Å². The highest BCUT2D eigenvalue weighted by Crippen LogP contribution is 2.22. The molecule has 0 bridgehead atoms. The van der Waals surface area contributed by atoms with Gasteiger partial charge in [0.25, 0.3) is 0 Å². The molecule has 0 unspecified atom stereocenters. The largest absolute Gasteiger partial charge is 0.480 e. The zero-order valence-electron chi connectivity index (χ0n) is 9.48. The van der Waals surface area contributed by atoms with Crippen LogP contribution in [0.25, 0.3) is 0 Å². The summed E-state index contributed by atoms with van der Waals surface area (Å²) in [5.74, 6) is -1.13. The van der Waals surface area contributed by atoms with Crippen molar-refractivity contribution in [2.75, 3.05) is 24.7 Å². The molecule has 0 aliphatic carbocycles. The van der Waals surface area contributed by atoms with Gasteiger partial charge in [-0.15, -0.1) is 12.4 Å².